The first-order chi connectivity index (χ1) is 5.70. The lowest BCUT2D eigenvalue weighted by Crippen LogP contribution is -2.18. The van der Waals surface area contributed by atoms with Crippen LogP contribution in [0.2, 0.25) is 0 Å². The molecular weight excluding hydrogens is 277 g/mol. The molecule has 0 unspecified atom stereocenters. The van der Waals surface area contributed by atoms with E-state index in [1.165, 1.54) is 0 Å². The molecule has 0 aliphatic rings. The minimum Gasteiger partial charge on any atom is -0.382 e. The van der Waals surface area contributed by atoms with Crippen LogP contribution in [0.3, 0.4) is 0 Å². The van der Waals surface area contributed by atoms with E-state index in [0.717, 1.165) is 5.56 Å². The fraction of sp³-hybridized carbons (Fsp3) is 0.222. The molecule has 0 aliphatic carbocycles. The monoisotopic (exact) mass is 291 g/mol. The van der Waals surface area contributed by atoms with Gasteiger partial charge >= 0.3 is 0 Å². The van der Waals surface area contributed by atoms with Crippen molar-refractivity contribution in [2.45, 2.75) is 0 Å². The molecule has 0 spiro atoms. The van der Waals surface area contributed by atoms with Crippen LogP contribution in [0.1, 0.15) is 5.56 Å². The molecule has 1 aromatic rings. The number of rotatable bonds is 2. The van der Waals surface area contributed by atoms with Crippen LogP contribution in [0.4, 0.5) is 0 Å². The molecule has 0 radical (unpaired) electrons. The third-order valence-corrected chi connectivity index (χ3v) is 1.38. The molecule has 72 valence electrons. The first-order valence-electron chi connectivity index (χ1n) is 3.77. The van der Waals surface area contributed by atoms with Gasteiger partial charge in [0.2, 0.25) is 0 Å². The molecule has 0 saturated heterocycles. The van der Waals surface area contributed by atoms with E-state index in [-0.39, 0.29) is 24.0 Å². The van der Waals surface area contributed by atoms with Crippen molar-refractivity contribution in [1.29, 1.82) is 0 Å². The summed E-state index contributed by atoms with van der Waals surface area (Å²) in [4.78, 5) is 0. The van der Waals surface area contributed by atoms with Crippen LogP contribution in [-0.2, 0) is 0 Å². The first-order valence-corrected chi connectivity index (χ1v) is 3.77. The topological polar surface area (TPSA) is 41.6 Å². The Hall–Kier alpha value is -0.780. The van der Waals surface area contributed by atoms with Crippen LogP contribution >= 0.6 is 24.0 Å². The number of hydrogen-bond acceptors (Lipinski definition) is 2. The van der Waals surface area contributed by atoms with Gasteiger partial charge in [-0.2, -0.15) is 5.10 Å². The summed E-state index contributed by atoms with van der Waals surface area (Å²) in [5.41, 5.74) is 6.65. The molecule has 1 rings (SSSR count). The Morgan fingerprint density at radius 1 is 1.23 bits per heavy atom. The molecule has 13 heavy (non-hydrogen) atoms. The van der Waals surface area contributed by atoms with Crippen molar-refractivity contribution in [3.63, 3.8) is 0 Å². The molecule has 0 atom stereocenters. The van der Waals surface area contributed by atoms with Crippen LogP contribution in [0.25, 0.3) is 0 Å². The zero-order valence-electron chi connectivity index (χ0n) is 7.77. The molecule has 0 saturated carbocycles. The molecule has 3 nitrogen and oxygen atoms in total. The minimum absolute atomic E-state index is 0. The maximum absolute atomic E-state index is 5.70. The van der Waals surface area contributed by atoms with Crippen LogP contribution < -0.4 is 5.73 Å². The van der Waals surface area contributed by atoms with Crippen molar-refractivity contribution in [3.05, 3.63) is 35.9 Å². The van der Waals surface area contributed by atoms with Gasteiger partial charge in [0, 0.05) is 19.7 Å². The van der Waals surface area contributed by atoms with E-state index in [0.29, 0.717) is 5.84 Å². The molecule has 0 aliphatic heterocycles. The molecule has 2 N–H and O–H groups in total. The number of hydrazone groups is 1. The van der Waals surface area contributed by atoms with Crippen LogP contribution in [-0.4, -0.2) is 24.9 Å². The Morgan fingerprint density at radius 3 is 2.23 bits per heavy atom. The Balaban J connectivity index is 0.00000144. The summed E-state index contributed by atoms with van der Waals surface area (Å²) in [5, 5.41) is 5.76. The molecular formula is C9H14IN3. The fourth-order valence-corrected chi connectivity index (χ4v) is 0.882. The molecule has 1 aromatic carbocycles. The summed E-state index contributed by atoms with van der Waals surface area (Å²) in [6, 6.07) is 9.69. The van der Waals surface area contributed by atoms with Gasteiger partial charge < -0.3 is 10.7 Å². The van der Waals surface area contributed by atoms with E-state index in [9.17, 15) is 0 Å². The predicted octanol–water partition coefficient (Wildman–Crippen LogP) is 1.49. The number of nitrogens with zero attached hydrogens (tertiary/aromatic N) is 2. The average Bonchev–Trinajstić information content (AvgIpc) is 2.05. The Kier molecular flexibility index (Phi) is 5.45. The van der Waals surface area contributed by atoms with Crippen molar-refractivity contribution in [2.75, 3.05) is 14.1 Å². The fourth-order valence-electron chi connectivity index (χ4n) is 0.882. The Bertz CT molecular complexity index is 269. The van der Waals surface area contributed by atoms with E-state index in [1.807, 2.05) is 44.4 Å². The van der Waals surface area contributed by atoms with Crippen LogP contribution in [0.5, 0.6) is 0 Å². The highest BCUT2D eigenvalue weighted by Gasteiger charge is 1.95. The van der Waals surface area contributed by atoms with E-state index >= 15 is 0 Å². The minimum atomic E-state index is 0. The second-order valence-corrected chi connectivity index (χ2v) is 2.70. The van der Waals surface area contributed by atoms with Gasteiger partial charge in [0.25, 0.3) is 0 Å². The summed E-state index contributed by atoms with van der Waals surface area (Å²) in [7, 11) is 3.69. The van der Waals surface area contributed by atoms with E-state index in [2.05, 4.69) is 5.10 Å². The van der Waals surface area contributed by atoms with Crippen molar-refractivity contribution in [2.24, 2.45) is 10.8 Å². The van der Waals surface area contributed by atoms with Gasteiger partial charge in [-0.05, 0) is 0 Å². The van der Waals surface area contributed by atoms with Gasteiger partial charge in [-0.25, -0.2) is 0 Å². The molecule has 0 fully saturated rings. The van der Waals surface area contributed by atoms with Gasteiger partial charge in [0.15, 0.2) is 5.84 Å². The van der Waals surface area contributed by atoms with Gasteiger partial charge in [-0.3, -0.25) is 0 Å². The third kappa shape index (κ3) is 4.12. The quantitative estimate of drug-likeness (QED) is 0.388. The van der Waals surface area contributed by atoms with E-state index in [4.69, 9.17) is 5.73 Å². The summed E-state index contributed by atoms with van der Waals surface area (Å²) < 4.78 is 0. The summed E-state index contributed by atoms with van der Waals surface area (Å²) in [6.07, 6.45) is 0. The normalized spacial score (nSPS) is 10.5. The largest absolute Gasteiger partial charge is 0.382 e. The van der Waals surface area contributed by atoms with Crippen LogP contribution in [0, 0.1) is 0 Å². The zero-order valence-corrected chi connectivity index (χ0v) is 10.1. The van der Waals surface area contributed by atoms with Crippen molar-refractivity contribution < 1.29 is 0 Å². The van der Waals surface area contributed by atoms with Crippen molar-refractivity contribution >= 4 is 29.8 Å². The number of benzene rings is 1. The Labute approximate surface area is 95.6 Å². The number of nitrogens with two attached hydrogens (primary N) is 1. The summed E-state index contributed by atoms with van der Waals surface area (Å²) in [5.74, 6) is 0.542. The lowest BCUT2D eigenvalue weighted by Gasteiger charge is -2.06. The smallest absolute Gasteiger partial charge is 0.150 e. The zero-order chi connectivity index (χ0) is 8.97. The standard InChI is InChI=1S/C9H13N3.HI/c1-12(2)11-9(10)8-6-4-3-5-7-8;/h3-7H,1-2H3,(H2,10,11);1H. The van der Waals surface area contributed by atoms with Crippen molar-refractivity contribution in [1.82, 2.24) is 5.01 Å². The highest BCUT2D eigenvalue weighted by molar-refractivity contribution is 14.0. The van der Waals surface area contributed by atoms with E-state index in [1.54, 1.807) is 5.01 Å². The lowest BCUT2D eigenvalue weighted by atomic mass is 10.2. The molecule has 0 bridgehead atoms. The second kappa shape index (κ2) is 5.80. The average molecular weight is 291 g/mol. The molecule has 0 heterocycles. The first kappa shape index (κ1) is 12.2. The van der Waals surface area contributed by atoms with Crippen LogP contribution in [0.15, 0.2) is 35.4 Å². The van der Waals surface area contributed by atoms with E-state index < -0.39 is 0 Å². The molecule has 0 amide bonds. The van der Waals surface area contributed by atoms with Gasteiger partial charge in [-0.15, -0.1) is 24.0 Å². The second-order valence-electron chi connectivity index (χ2n) is 2.70. The van der Waals surface area contributed by atoms with Crippen molar-refractivity contribution in [3.8, 4) is 0 Å². The Morgan fingerprint density at radius 2 is 1.77 bits per heavy atom. The highest BCUT2D eigenvalue weighted by Crippen LogP contribution is 1.97. The van der Waals surface area contributed by atoms with Gasteiger partial charge in [-0.1, -0.05) is 30.3 Å². The van der Waals surface area contributed by atoms with Gasteiger partial charge in [0.1, 0.15) is 0 Å². The third-order valence-electron chi connectivity index (χ3n) is 1.38. The number of halogens is 1. The maximum atomic E-state index is 5.70. The summed E-state index contributed by atoms with van der Waals surface area (Å²) >= 11 is 0. The summed E-state index contributed by atoms with van der Waals surface area (Å²) in [6.45, 7) is 0. The molecule has 4 heteroatoms. The highest BCUT2D eigenvalue weighted by atomic mass is 127. The maximum Gasteiger partial charge on any atom is 0.150 e. The lowest BCUT2D eigenvalue weighted by molar-refractivity contribution is 0.437. The predicted molar refractivity (Wildman–Crippen MR) is 66.3 cm³/mol. The van der Waals surface area contributed by atoms with Gasteiger partial charge in [0.05, 0.1) is 0 Å². The SMILES string of the molecule is CN(C)/N=C(\N)c1ccccc1.I. The molecule has 0 aromatic heterocycles. The number of amidine groups is 1. The number of hydrogen-bond donors (Lipinski definition) is 1.